The Kier molecular flexibility index (Phi) is 5.04. The van der Waals surface area contributed by atoms with Crippen LogP contribution in [-0.2, 0) is 6.54 Å². The topological polar surface area (TPSA) is 15.3 Å². The van der Waals surface area contributed by atoms with Crippen molar-refractivity contribution in [1.82, 2.24) is 10.2 Å². The number of piperidine rings is 1. The minimum absolute atomic E-state index is 0.654. The Bertz CT molecular complexity index is 390. The number of hydrogen-bond donors (Lipinski definition) is 1. The molecule has 2 rings (SSSR count). The highest BCUT2D eigenvalue weighted by Gasteiger charge is 2.22. The van der Waals surface area contributed by atoms with Gasteiger partial charge in [0.15, 0.2) is 0 Å². The molecular weight excluding hydrogens is 244 g/mol. The SMILES string of the molecule is CNCC1CCCCN1Cc1ccc(C)cc1Cl. The molecule has 1 aromatic carbocycles. The number of rotatable bonds is 4. The van der Waals surface area contributed by atoms with E-state index in [4.69, 9.17) is 11.6 Å². The third-order valence-corrected chi connectivity index (χ3v) is 4.12. The van der Waals surface area contributed by atoms with Gasteiger partial charge >= 0.3 is 0 Å². The third kappa shape index (κ3) is 3.47. The normalized spacial score (nSPS) is 21.2. The van der Waals surface area contributed by atoms with Gasteiger partial charge in [0.05, 0.1) is 0 Å². The van der Waals surface area contributed by atoms with Crippen LogP contribution in [0.4, 0.5) is 0 Å². The molecule has 0 amide bonds. The number of halogens is 1. The van der Waals surface area contributed by atoms with Gasteiger partial charge in [-0.25, -0.2) is 0 Å². The molecule has 2 nitrogen and oxygen atoms in total. The second-order valence-corrected chi connectivity index (χ2v) is 5.68. The second-order valence-electron chi connectivity index (χ2n) is 5.27. The number of likely N-dealkylation sites (tertiary alicyclic amines) is 1. The van der Waals surface area contributed by atoms with Crippen molar-refractivity contribution in [2.24, 2.45) is 0 Å². The molecule has 1 saturated heterocycles. The molecule has 18 heavy (non-hydrogen) atoms. The van der Waals surface area contributed by atoms with Crippen molar-refractivity contribution in [2.75, 3.05) is 20.1 Å². The van der Waals surface area contributed by atoms with Crippen LogP contribution in [-0.4, -0.2) is 31.1 Å². The number of aryl methyl sites for hydroxylation is 1. The molecule has 1 atom stereocenters. The fourth-order valence-corrected chi connectivity index (χ4v) is 3.03. The lowest BCUT2D eigenvalue weighted by molar-refractivity contribution is 0.139. The number of benzene rings is 1. The highest BCUT2D eigenvalue weighted by atomic mass is 35.5. The standard InChI is InChI=1S/C15H23ClN2/c1-12-6-7-13(15(16)9-12)11-18-8-4-3-5-14(18)10-17-2/h6-7,9,14,17H,3-5,8,10-11H2,1-2H3. The Labute approximate surface area is 115 Å². The maximum absolute atomic E-state index is 6.33. The molecular formula is C15H23ClN2. The Morgan fingerprint density at radius 2 is 2.22 bits per heavy atom. The van der Waals surface area contributed by atoms with Crippen molar-refractivity contribution in [1.29, 1.82) is 0 Å². The van der Waals surface area contributed by atoms with E-state index in [1.165, 1.54) is 36.9 Å². The van der Waals surface area contributed by atoms with Gasteiger partial charge in [-0.05, 0) is 50.6 Å². The summed E-state index contributed by atoms with van der Waals surface area (Å²) in [7, 11) is 2.03. The van der Waals surface area contributed by atoms with Crippen LogP contribution in [0.3, 0.4) is 0 Å². The summed E-state index contributed by atoms with van der Waals surface area (Å²) in [6.07, 6.45) is 3.96. The molecule has 1 fully saturated rings. The van der Waals surface area contributed by atoms with Crippen LogP contribution in [0.1, 0.15) is 30.4 Å². The van der Waals surface area contributed by atoms with E-state index in [0.29, 0.717) is 6.04 Å². The van der Waals surface area contributed by atoms with Crippen LogP contribution < -0.4 is 5.32 Å². The summed E-state index contributed by atoms with van der Waals surface area (Å²) < 4.78 is 0. The van der Waals surface area contributed by atoms with E-state index in [0.717, 1.165) is 18.1 Å². The zero-order valence-electron chi connectivity index (χ0n) is 11.4. The largest absolute Gasteiger partial charge is 0.318 e. The van der Waals surface area contributed by atoms with Crippen LogP contribution >= 0.6 is 11.6 Å². The fraction of sp³-hybridized carbons (Fsp3) is 0.600. The predicted molar refractivity (Wildman–Crippen MR) is 78.2 cm³/mol. The van der Waals surface area contributed by atoms with Crippen LogP contribution in [0.25, 0.3) is 0 Å². The number of nitrogens with zero attached hydrogens (tertiary/aromatic N) is 1. The van der Waals surface area contributed by atoms with Gasteiger partial charge in [0.25, 0.3) is 0 Å². The minimum Gasteiger partial charge on any atom is -0.318 e. The molecule has 0 radical (unpaired) electrons. The summed E-state index contributed by atoms with van der Waals surface area (Å²) in [4.78, 5) is 2.57. The monoisotopic (exact) mass is 266 g/mol. The van der Waals surface area contributed by atoms with Gasteiger partial charge in [-0.1, -0.05) is 30.2 Å². The molecule has 1 aromatic rings. The van der Waals surface area contributed by atoms with Crippen molar-refractivity contribution in [3.8, 4) is 0 Å². The average molecular weight is 267 g/mol. The Hall–Kier alpha value is -0.570. The van der Waals surface area contributed by atoms with E-state index in [-0.39, 0.29) is 0 Å². The maximum Gasteiger partial charge on any atom is 0.0453 e. The molecule has 1 heterocycles. The lowest BCUT2D eigenvalue weighted by Crippen LogP contribution is -2.44. The molecule has 1 aliphatic heterocycles. The molecule has 1 aliphatic rings. The van der Waals surface area contributed by atoms with E-state index >= 15 is 0 Å². The van der Waals surface area contributed by atoms with Crippen LogP contribution in [0.2, 0.25) is 5.02 Å². The lowest BCUT2D eigenvalue weighted by Gasteiger charge is -2.36. The highest BCUT2D eigenvalue weighted by molar-refractivity contribution is 6.31. The third-order valence-electron chi connectivity index (χ3n) is 3.77. The van der Waals surface area contributed by atoms with E-state index in [9.17, 15) is 0 Å². The summed E-state index contributed by atoms with van der Waals surface area (Å²) in [6, 6.07) is 7.04. The van der Waals surface area contributed by atoms with Gasteiger partial charge in [0, 0.05) is 24.2 Å². The molecule has 1 N–H and O–H groups in total. The van der Waals surface area contributed by atoms with Crippen LogP contribution in [0.5, 0.6) is 0 Å². The van der Waals surface area contributed by atoms with E-state index in [1.54, 1.807) is 0 Å². The highest BCUT2D eigenvalue weighted by Crippen LogP contribution is 2.23. The van der Waals surface area contributed by atoms with Crippen LogP contribution in [0, 0.1) is 6.92 Å². The molecule has 1 unspecified atom stereocenters. The lowest BCUT2D eigenvalue weighted by atomic mass is 10.0. The molecule has 0 aromatic heterocycles. The van der Waals surface area contributed by atoms with Gasteiger partial charge in [0.2, 0.25) is 0 Å². The van der Waals surface area contributed by atoms with Crippen molar-refractivity contribution in [3.05, 3.63) is 34.3 Å². The summed E-state index contributed by atoms with van der Waals surface area (Å²) in [5.41, 5.74) is 2.49. The Morgan fingerprint density at radius 1 is 1.39 bits per heavy atom. The Balaban J connectivity index is 2.06. The zero-order chi connectivity index (χ0) is 13.0. The van der Waals surface area contributed by atoms with Crippen molar-refractivity contribution in [2.45, 2.75) is 38.8 Å². The fourth-order valence-electron chi connectivity index (χ4n) is 2.73. The molecule has 0 aliphatic carbocycles. The Morgan fingerprint density at radius 3 is 2.94 bits per heavy atom. The van der Waals surface area contributed by atoms with E-state index < -0.39 is 0 Å². The molecule has 0 saturated carbocycles. The van der Waals surface area contributed by atoms with Crippen molar-refractivity contribution in [3.63, 3.8) is 0 Å². The second kappa shape index (κ2) is 6.55. The predicted octanol–water partition coefficient (Wildman–Crippen LogP) is 3.22. The first-order valence-electron chi connectivity index (χ1n) is 6.84. The number of nitrogens with one attached hydrogen (secondary N) is 1. The van der Waals surface area contributed by atoms with Gasteiger partial charge in [-0.15, -0.1) is 0 Å². The van der Waals surface area contributed by atoms with E-state index in [1.807, 2.05) is 7.05 Å². The van der Waals surface area contributed by atoms with Crippen molar-refractivity contribution >= 4 is 11.6 Å². The van der Waals surface area contributed by atoms with E-state index in [2.05, 4.69) is 35.3 Å². The minimum atomic E-state index is 0.654. The van der Waals surface area contributed by atoms with Gasteiger partial charge < -0.3 is 5.32 Å². The summed E-state index contributed by atoms with van der Waals surface area (Å²) in [5, 5.41) is 4.21. The number of likely N-dealkylation sites (N-methyl/N-ethyl adjacent to an activating group) is 1. The average Bonchev–Trinajstić information content (AvgIpc) is 2.35. The quantitative estimate of drug-likeness (QED) is 0.900. The first-order valence-corrected chi connectivity index (χ1v) is 7.22. The zero-order valence-corrected chi connectivity index (χ0v) is 12.1. The molecule has 100 valence electrons. The van der Waals surface area contributed by atoms with Gasteiger partial charge in [-0.3, -0.25) is 4.90 Å². The molecule has 3 heteroatoms. The van der Waals surface area contributed by atoms with Crippen molar-refractivity contribution < 1.29 is 0 Å². The van der Waals surface area contributed by atoms with Gasteiger partial charge in [0.1, 0.15) is 0 Å². The number of hydrogen-bond acceptors (Lipinski definition) is 2. The summed E-state index contributed by atoms with van der Waals surface area (Å²) in [6.45, 7) is 5.33. The van der Waals surface area contributed by atoms with Crippen LogP contribution in [0.15, 0.2) is 18.2 Å². The first kappa shape index (κ1) is 13.9. The molecule has 0 spiro atoms. The smallest absolute Gasteiger partial charge is 0.0453 e. The maximum atomic E-state index is 6.33. The molecule has 0 bridgehead atoms. The first-order chi connectivity index (χ1) is 8.70. The summed E-state index contributed by atoms with van der Waals surface area (Å²) in [5.74, 6) is 0. The van der Waals surface area contributed by atoms with Gasteiger partial charge in [-0.2, -0.15) is 0 Å². The summed E-state index contributed by atoms with van der Waals surface area (Å²) >= 11 is 6.33.